The molecule has 0 aliphatic heterocycles. The summed E-state index contributed by atoms with van der Waals surface area (Å²) < 4.78 is 1.38. The molecule has 234 valence electrons. The van der Waals surface area contributed by atoms with E-state index in [1.807, 2.05) is 24.3 Å². The molecule has 44 heavy (non-hydrogen) atoms. The van der Waals surface area contributed by atoms with Gasteiger partial charge < -0.3 is 9.67 Å². The van der Waals surface area contributed by atoms with Gasteiger partial charge in [0.2, 0.25) is 0 Å². The van der Waals surface area contributed by atoms with E-state index < -0.39 is 10.6 Å². The molecule has 0 saturated carbocycles. The highest BCUT2D eigenvalue weighted by atomic mass is 79.9. The smallest absolute Gasteiger partial charge is 0.149 e. The molecule has 0 spiro atoms. The molecule has 3 aromatic carbocycles. The lowest BCUT2D eigenvalue weighted by Crippen LogP contribution is -2.42. The van der Waals surface area contributed by atoms with E-state index in [9.17, 15) is 5.11 Å². The SMILES string of the molecule is CC(C)(C)CC(C)(C)C1=CC(Br)(n2c3ccc(C(C)(C)C)cc3c3cc(C(C)(C)C)ccc32)C(O)C(c2cccc(Cl)c2)=C1. The average Bonchev–Trinajstić information content (AvgIpc) is 3.21. The summed E-state index contributed by atoms with van der Waals surface area (Å²) in [5, 5.41) is 15.5. The van der Waals surface area contributed by atoms with E-state index in [0.717, 1.165) is 28.6 Å². The van der Waals surface area contributed by atoms with Gasteiger partial charge in [0.25, 0.3) is 0 Å². The first kappa shape index (κ1) is 33.0. The Morgan fingerprint density at radius 3 is 1.75 bits per heavy atom. The van der Waals surface area contributed by atoms with Crippen LogP contribution in [0, 0.1) is 10.8 Å². The van der Waals surface area contributed by atoms with Crippen molar-refractivity contribution in [1.82, 2.24) is 4.57 Å². The van der Waals surface area contributed by atoms with Crippen LogP contribution >= 0.6 is 27.5 Å². The molecule has 0 saturated heterocycles. The van der Waals surface area contributed by atoms with Crippen molar-refractivity contribution in [2.75, 3.05) is 0 Å². The van der Waals surface area contributed by atoms with Gasteiger partial charge in [-0.3, -0.25) is 0 Å². The third-order valence-corrected chi connectivity index (χ3v) is 10.4. The fourth-order valence-electron chi connectivity index (χ4n) is 7.04. The molecule has 1 aliphatic rings. The van der Waals surface area contributed by atoms with E-state index in [0.29, 0.717) is 5.02 Å². The van der Waals surface area contributed by atoms with Crippen LogP contribution in [0.15, 0.2) is 78.4 Å². The molecular formula is C40H49BrClNO. The molecule has 1 N–H and O–H groups in total. The number of fused-ring (bicyclic) bond motifs is 3. The quantitative estimate of drug-likeness (QED) is 0.214. The van der Waals surface area contributed by atoms with Gasteiger partial charge in [-0.05, 0) is 98.4 Å². The molecule has 2 atom stereocenters. The minimum Gasteiger partial charge on any atom is -0.385 e. The number of hydrogen-bond acceptors (Lipinski definition) is 1. The first-order valence-corrected chi connectivity index (χ1v) is 17.0. The lowest BCUT2D eigenvalue weighted by Gasteiger charge is -2.42. The fraction of sp³-hybridized carbons (Fsp3) is 0.450. The number of aliphatic hydroxyl groups excluding tert-OH is 1. The molecule has 2 nitrogen and oxygen atoms in total. The van der Waals surface area contributed by atoms with Gasteiger partial charge in [0.1, 0.15) is 10.6 Å². The Morgan fingerprint density at radius 1 is 0.773 bits per heavy atom. The van der Waals surface area contributed by atoms with Crippen LogP contribution in [-0.4, -0.2) is 15.8 Å². The van der Waals surface area contributed by atoms with Crippen LogP contribution in [0.3, 0.4) is 0 Å². The molecule has 4 aromatic rings. The zero-order valence-electron chi connectivity index (χ0n) is 28.4. The van der Waals surface area contributed by atoms with Crippen LogP contribution in [0.2, 0.25) is 5.02 Å². The number of allylic oxidation sites excluding steroid dienone is 2. The summed E-state index contributed by atoms with van der Waals surface area (Å²) in [7, 11) is 0. The van der Waals surface area contributed by atoms with Crippen molar-refractivity contribution in [2.24, 2.45) is 10.8 Å². The largest absolute Gasteiger partial charge is 0.385 e. The Balaban J connectivity index is 1.87. The van der Waals surface area contributed by atoms with Crippen molar-refractivity contribution < 1.29 is 5.11 Å². The van der Waals surface area contributed by atoms with Crippen LogP contribution < -0.4 is 0 Å². The molecule has 0 amide bonds. The highest BCUT2D eigenvalue weighted by Crippen LogP contribution is 2.52. The van der Waals surface area contributed by atoms with E-state index in [1.165, 1.54) is 27.5 Å². The van der Waals surface area contributed by atoms with E-state index >= 15 is 0 Å². The maximum absolute atomic E-state index is 12.5. The Hall–Kier alpha value is -2.33. The normalized spacial score (nSPS) is 20.3. The van der Waals surface area contributed by atoms with Crippen molar-refractivity contribution in [3.05, 3.63) is 100 Å². The highest BCUT2D eigenvalue weighted by molar-refractivity contribution is 9.09. The zero-order chi connectivity index (χ0) is 32.6. The van der Waals surface area contributed by atoms with Crippen LogP contribution in [0.5, 0.6) is 0 Å². The summed E-state index contributed by atoms with van der Waals surface area (Å²) >= 11 is 10.8. The Kier molecular flexibility index (Phi) is 8.18. The van der Waals surface area contributed by atoms with Gasteiger partial charge >= 0.3 is 0 Å². The predicted molar refractivity (Wildman–Crippen MR) is 195 cm³/mol. The van der Waals surface area contributed by atoms with Gasteiger partial charge in [0.15, 0.2) is 0 Å². The van der Waals surface area contributed by atoms with Gasteiger partial charge in [0.05, 0.1) is 11.0 Å². The lowest BCUT2D eigenvalue weighted by atomic mass is 9.69. The third-order valence-electron chi connectivity index (χ3n) is 9.10. The van der Waals surface area contributed by atoms with E-state index in [4.69, 9.17) is 11.6 Å². The van der Waals surface area contributed by atoms with Crippen LogP contribution in [0.1, 0.15) is 99.3 Å². The topological polar surface area (TPSA) is 25.2 Å². The standard InChI is InChI=1S/C40H49BrClNO/c1-36(2,3)24-39(10,11)28-22-30(25-13-12-14-29(42)19-25)35(44)40(41,23-28)43-33-17-15-26(37(4,5)6)20-31(33)32-21-27(38(7,8)9)16-18-34(32)43/h12-23,35,44H,24H2,1-11H3. The fourth-order valence-corrected chi connectivity index (χ4v) is 8.11. The number of rotatable bonds is 4. The molecule has 1 heterocycles. The van der Waals surface area contributed by atoms with Crippen LogP contribution in [-0.2, 0) is 15.3 Å². The number of benzene rings is 3. The maximum Gasteiger partial charge on any atom is 0.149 e. The van der Waals surface area contributed by atoms with Crippen LogP contribution in [0.4, 0.5) is 0 Å². The van der Waals surface area contributed by atoms with Gasteiger partial charge in [-0.15, -0.1) is 0 Å². The van der Waals surface area contributed by atoms with Crippen molar-refractivity contribution in [3.63, 3.8) is 0 Å². The molecule has 4 heteroatoms. The van der Waals surface area contributed by atoms with Crippen molar-refractivity contribution in [2.45, 2.75) is 104 Å². The summed E-state index contributed by atoms with van der Waals surface area (Å²) in [5.41, 5.74) is 7.72. The third kappa shape index (κ3) is 6.09. The maximum atomic E-state index is 12.5. The van der Waals surface area contributed by atoms with Gasteiger partial charge in [-0.25, -0.2) is 0 Å². The van der Waals surface area contributed by atoms with Gasteiger partial charge in [-0.2, -0.15) is 0 Å². The molecular weight excluding hydrogens is 626 g/mol. The molecule has 0 fully saturated rings. The predicted octanol–water partition coefficient (Wildman–Crippen LogP) is 11.9. The van der Waals surface area contributed by atoms with Crippen molar-refractivity contribution in [1.29, 1.82) is 0 Å². The second-order valence-corrected chi connectivity index (χ2v) is 18.5. The first-order valence-electron chi connectivity index (χ1n) is 15.8. The van der Waals surface area contributed by atoms with E-state index in [1.54, 1.807) is 0 Å². The van der Waals surface area contributed by atoms with Crippen LogP contribution in [0.25, 0.3) is 27.4 Å². The molecule has 1 aliphatic carbocycles. The van der Waals surface area contributed by atoms with Crippen molar-refractivity contribution >= 4 is 54.9 Å². The summed E-state index contributed by atoms with van der Waals surface area (Å²) in [5.74, 6) is 0. The van der Waals surface area contributed by atoms with Crippen molar-refractivity contribution in [3.8, 4) is 0 Å². The number of halogens is 2. The lowest BCUT2D eigenvalue weighted by molar-refractivity contribution is 0.173. The summed E-state index contributed by atoms with van der Waals surface area (Å²) in [4.78, 5) is 0. The van der Waals surface area contributed by atoms with Gasteiger partial charge in [0, 0.05) is 15.8 Å². The summed E-state index contributed by atoms with van der Waals surface area (Å²) in [6, 6.07) is 21.5. The molecule has 0 radical (unpaired) electrons. The monoisotopic (exact) mass is 673 g/mol. The van der Waals surface area contributed by atoms with E-state index in [-0.39, 0.29) is 21.7 Å². The number of alkyl halides is 1. The number of nitrogens with zero attached hydrogens (tertiary/aromatic N) is 1. The zero-order valence-corrected chi connectivity index (χ0v) is 30.7. The summed E-state index contributed by atoms with van der Waals surface area (Å²) in [6.07, 6.45) is 4.58. The molecule has 2 unspecified atom stereocenters. The highest BCUT2D eigenvalue weighted by Gasteiger charge is 2.45. The number of hydrogen-bond donors (Lipinski definition) is 1. The molecule has 5 rings (SSSR count). The number of aliphatic hydroxyl groups is 1. The molecule has 0 bridgehead atoms. The Morgan fingerprint density at radius 2 is 1.30 bits per heavy atom. The van der Waals surface area contributed by atoms with E-state index in [2.05, 4.69) is 145 Å². The second kappa shape index (κ2) is 10.9. The Labute approximate surface area is 278 Å². The molecule has 1 aromatic heterocycles. The van der Waals surface area contributed by atoms with Gasteiger partial charge in [-0.1, -0.05) is 134 Å². The average molecular weight is 675 g/mol. The minimum absolute atomic E-state index is 0.00717. The minimum atomic E-state index is -0.948. The first-order chi connectivity index (χ1) is 20.1. The Bertz CT molecular complexity index is 1730. The number of aromatic nitrogens is 1. The summed E-state index contributed by atoms with van der Waals surface area (Å²) in [6.45, 7) is 25.1. The second-order valence-electron chi connectivity index (χ2n) is 16.8.